The van der Waals surface area contributed by atoms with Gasteiger partial charge in [0, 0.05) is 55.1 Å². The van der Waals surface area contributed by atoms with E-state index in [1.165, 1.54) is 6.39 Å². The van der Waals surface area contributed by atoms with Crippen molar-refractivity contribution in [3.05, 3.63) is 60.4 Å². The lowest BCUT2D eigenvalue weighted by molar-refractivity contribution is 0.0789. The van der Waals surface area contributed by atoms with Gasteiger partial charge in [-0.15, -0.1) is 0 Å². The van der Waals surface area contributed by atoms with Crippen molar-refractivity contribution in [2.24, 2.45) is 12.8 Å². The zero-order valence-electron chi connectivity index (χ0n) is 13.9. The molecule has 1 aliphatic heterocycles. The van der Waals surface area contributed by atoms with E-state index in [1.54, 1.807) is 12.4 Å². The van der Waals surface area contributed by atoms with Gasteiger partial charge in [-0.2, -0.15) is 5.10 Å². The van der Waals surface area contributed by atoms with Crippen LogP contribution >= 0.6 is 0 Å². The first-order valence-electron chi connectivity index (χ1n) is 8.15. The monoisotopic (exact) mass is 337 g/mol. The summed E-state index contributed by atoms with van der Waals surface area (Å²) in [4.78, 5) is 18.5. The predicted octanol–water partition coefficient (Wildman–Crippen LogP) is 1.64. The highest BCUT2D eigenvalue weighted by molar-refractivity contribution is 5.95. The fraction of sp³-hybridized carbons (Fsp3) is 0.278. The van der Waals surface area contributed by atoms with Crippen LogP contribution in [-0.2, 0) is 7.05 Å². The Morgan fingerprint density at radius 1 is 1.24 bits per heavy atom. The Morgan fingerprint density at radius 3 is 2.68 bits per heavy atom. The quantitative estimate of drug-likeness (QED) is 0.785. The molecule has 25 heavy (non-hydrogen) atoms. The number of carbonyl (C=O) groups is 1. The van der Waals surface area contributed by atoms with Crippen molar-refractivity contribution in [2.75, 3.05) is 13.1 Å². The lowest BCUT2D eigenvalue weighted by Crippen LogP contribution is -2.32. The summed E-state index contributed by atoms with van der Waals surface area (Å²) in [5, 5.41) is 4.20. The van der Waals surface area contributed by atoms with Gasteiger partial charge in [0.05, 0.1) is 6.20 Å². The molecular weight excluding hydrogens is 318 g/mol. The van der Waals surface area contributed by atoms with Crippen LogP contribution in [0.15, 0.2) is 53.5 Å². The van der Waals surface area contributed by atoms with Crippen molar-refractivity contribution < 1.29 is 9.21 Å². The SMILES string of the molecule is Cn1nccc1[C@@H]1CN(C(=O)c2ccc(-c3cnco3)cc2)C[C@H]1N. The van der Waals surface area contributed by atoms with Gasteiger partial charge in [-0.25, -0.2) is 4.98 Å². The highest BCUT2D eigenvalue weighted by Gasteiger charge is 2.35. The molecule has 7 nitrogen and oxygen atoms in total. The highest BCUT2D eigenvalue weighted by atomic mass is 16.3. The molecule has 0 spiro atoms. The Kier molecular flexibility index (Phi) is 3.85. The predicted molar refractivity (Wildman–Crippen MR) is 91.8 cm³/mol. The molecule has 7 heteroatoms. The van der Waals surface area contributed by atoms with E-state index < -0.39 is 0 Å². The van der Waals surface area contributed by atoms with E-state index in [0.717, 1.165) is 11.3 Å². The van der Waals surface area contributed by atoms with E-state index in [9.17, 15) is 4.79 Å². The van der Waals surface area contributed by atoms with Crippen molar-refractivity contribution in [2.45, 2.75) is 12.0 Å². The number of aromatic nitrogens is 3. The third-order valence-corrected chi connectivity index (χ3v) is 4.74. The standard InChI is InChI=1S/C18H19N5O2/c1-22-16(6-7-21-22)14-9-23(10-15(14)19)18(24)13-4-2-12(3-5-13)17-8-20-11-25-17/h2-8,11,14-15H,9-10,19H2,1H3/t14-,15-/m1/s1. The molecule has 3 heterocycles. The zero-order valence-corrected chi connectivity index (χ0v) is 13.9. The summed E-state index contributed by atoms with van der Waals surface area (Å²) in [5.41, 5.74) is 8.87. The minimum Gasteiger partial charge on any atom is -0.444 e. The molecule has 0 aliphatic carbocycles. The van der Waals surface area contributed by atoms with Gasteiger partial charge in [0.1, 0.15) is 0 Å². The maximum atomic E-state index is 12.8. The second kappa shape index (κ2) is 6.18. The summed E-state index contributed by atoms with van der Waals surface area (Å²) in [6.07, 6.45) is 4.79. The Hall–Kier alpha value is -2.93. The van der Waals surface area contributed by atoms with E-state index >= 15 is 0 Å². The minimum absolute atomic E-state index is 0.00996. The first-order chi connectivity index (χ1) is 12.1. The molecule has 3 aromatic rings. The van der Waals surface area contributed by atoms with Gasteiger partial charge in [0.15, 0.2) is 12.2 Å². The van der Waals surface area contributed by atoms with Crippen molar-refractivity contribution in [1.82, 2.24) is 19.7 Å². The molecule has 0 unspecified atom stereocenters. The Morgan fingerprint density at radius 2 is 2.04 bits per heavy atom. The number of likely N-dealkylation sites (tertiary alicyclic amines) is 1. The molecule has 4 rings (SSSR count). The molecule has 1 amide bonds. The van der Waals surface area contributed by atoms with Crippen LogP contribution in [-0.4, -0.2) is 44.7 Å². The average molecular weight is 337 g/mol. The first-order valence-corrected chi connectivity index (χ1v) is 8.15. The average Bonchev–Trinajstić information content (AvgIpc) is 3.35. The molecule has 0 saturated carbocycles. The first kappa shape index (κ1) is 15.6. The molecule has 1 fully saturated rings. The van der Waals surface area contributed by atoms with E-state index in [-0.39, 0.29) is 17.9 Å². The highest BCUT2D eigenvalue weighted by Crippen LogP contribution is 2.27. The van der Waals surface area contributed by atoms with E-state index in [1.807, 2.05) is 47.0 Å². The maximum absolute atomic E-state index is 12.8. The Labute approximate surface area is 145 Å². The van der Waals surface area contributed by atoms with Gasteiger partial charge in [-0.1, -0.05) is 12.1 Å². The molecule has 128 valence electrons. The van der Waals surface area contributed by atoms with Crippen LogP contribution in [0.5, 0.6) is 0 Å². The molecule has 0 radical (unpaired) electrons. The third-order valence-electron chi connectivity index (χ3n) is 4.74. The Balaban J connectivity index is 1.51. The van der Waals surface area contributed by atoms with Gasteiger partial charge in [0.2, 0.25) is 0 Å². The smallest absolute Gasteiger partial charge is 0.253 e. The van der Waals surface area contributed by atoms with Crippen LogP contribution in [0.4, 0.5) is 0 Å². The summed E-state index contributed by atoms with van der Waals surface area (Å²) in [5.74, 6) is 0.771. The lowest BCUT2D eigenvalue weighted by Gasteiger charge is -2.16. The minimum atomic E-state index is -0.0900. The summed E-state index contributed by atoms with van der Waals surface area (Å²) in [6.45, 7) is 1.14. The molecule has 0 bridgehead atoms. The largest absolute Gasteiger partial charge is 0.444 e. The van der Waals surface area contributed by atoms with Gasteiger partial charge < -0.3 is 15.1 Å². The number of carbonyl (C=O) groups excluding carboxylic acids is 1. The molecule has 1 aliphatic rings. The lowest BCUT2D eigenvalue weighted by atomic mass is 10.0. The molecule has 2 atom stereocenters. The number of oxazole rings is 1. The maximum Gasteiger partial charge on any atom is 0.253 e. The van der Waals surface area contributed by atoms with Gasteiger partial charge in [-0.05, 0) is 18.2 Å². The van der Waals surface area contributed by atoms with Gasteiger partial charge >= 0.3 is 0 Å². The van der Waals surface area contributed by atoms with Crippen molar-refractivity contribution in [3.8, 4) is 11.3 Å². The topological polar surface area (TPSA) is 90.2 Å². The number of rotatable bonds is 3. The summed E-state index contributed by atoms with van der Waals surface area (Å²) in [7, 11) is 1.90. The second-order valence-corrected chi connectivity index (χ2v) is 6.30. The summed E-state index contributed by atoms with van der Waals surface area (Å²) >= 11 is 0. The molecule has 1 aromatic carbocycles. The second-order valence-electron chi connectivity index (χ2n) is 6.30. The van der Waals surface area contributed by atoms with Crippen LogP contribution in [0.2, 0.25) is 0 Å². The summed E-state index contributed by atoms with van der Waals surface area (Å²) < 4.78 is 7.09. The number of aryl methyl sites for hydroxylation is 1. The number of nitrogens with two attached hydrogens (primary N) is 1. The van der Waals surface area contributed by atoms with Crippen LogP contribution in [0.3, 0.4) is 0 Å². The van der Waals surface area contributed by atoms with Crippen LogP contribution < -0.4 is 5.73 Å². The number of hydrogen-bond donors (Lipinski definition) is 1. The molecule has 2 N–H and O–H groups in total. The van der Waals surface area contributed by atoms with Gasteiger partial charge in [-0.3, -0.25) is 9.48 Å². The molecule has 2 aromatic heterocycles. The van der Waals surface area contributed by atoms with Crippen LogP contribution in [0.25, 0.3) is 11.3 Å². The van der Waals surface area contributed by atoms with Crippen molar-refractivity contribution in [1.29, 1.82) is 0 Å². The van der Waals surface area contributed by atoms with Crippen LogP contribution in [0.1, 0.15) is 22.0 Å². The van der Waals surface area contributed by atoms with E-state index in [0.29, 0.717) is 24.4 Å². The number of amides is 1. The van der Waals surface area contributed by atoms with E-state index in [2.05, 4.69) is 10.1 Å². The van der Waals surface area contributed by atoms with Crippen LogP contribution in [0, 0.1) is 0 Å². The summed E-state index contributed by atoms with van der Waals surface area (Å²) in [6, 6.07) is 9.22. The number of nitrogens with zero attached hydrogens (tertiary/aromatic N) is 4. The number of hydrogen-bond acceptors (Lipinski definition) is 5. The molecular formula is C18H19N5O2. The van der Waals surface area contributed by atoms with Gasteiger partial charge in [0.25, 0.3) is 5.91 Å². The fourth-order valence-corrected chi connectivity index (χ4v) is 3.37. The van der Waals surface area contributed by atoms with Crippen molar-refractivity contribution in [3.63, 3.8) is 0 Å². The zero-order chi connectivity index (χ0) is 17.4. The third kappa shape index (κ3) is 2.83. The molecule has 1 saturated heterocycles. The Bertz CT molecular complexity index is 869. The van der Waals surface area contributed by atoms with E-state index in [4.69, 9.17) is 10.2 Å². The fourth-order valence-electron chi connectivity index (χ4n) is 3.37. The number of benzene rings is 1. The normalized spacial score (nSPS) is 20.2. The van der Waals surface area contributed by atoms with Crippen molar-refractivity contribution >= 4 is 5.91 Å².